The van der Waals surface area contributed by atoms with Gasteiger partial charge in [0.25, 0.3) is 0 Å². The monoisotopic (exact) mass is 351 g/mol. The summed E-state index contributed by atoms with van der Waals surface area (Å²) < 4.78 is 32.9. The highest BCUT2D eigenvalue weighted by Gasteiger charge is 2.37. The first kappa shape index (κ1) is 16.5. The fourth-order valence-corrected chi connectivity index (χ4v) is 4.93. The van der Waals surface area contributed by atoms with Crippen molar-refractivity contribution < 1.29 is 13.2 Å². The third kappa shape index (κ3) is 3.94. The summed E-state index contributed by atoms with van der Waals surface area (Å²) in [7, 11) is -3.44. The Morgan fingerprint density at radius 2 is 1.96 bits per heavy atom. The van der Waals surface area contributed by atoms with E-state index in [0.29, 0.717) is 23.8 Å². The van der Waals surface area contributed by atoms with Crippen molar-refractivity contribution in [1.29, 1.82) is 0 Å². The molecular formula is C17H21NO3S2. The number of hydrogen-bond acceptors (Lipinski definition) is 4. The van der Waals surface area contributed by atoms with Crippen molar-refractivity contribution in [3.8, 4) is 5.75 Å². The van der Waals surface area contributed by atoms with Crippen LogP contribution in [0, 0.1) is 0 Å². The van der Waals surface area contributed by atoms with Crippen LogP contribution in [0.1, 0.15) is 24.6 Å². The molecule has 2 aromatic rings. The van der Waals surface area contributed by atoms with Gasteiger partial charge in [0.2, 0.25) is 10.0 Å². The highest BCUT2D eigenvalue weighted by molar-refractivity contribution is 7.89. The van der Waals surface area contributed by atoms with Crippen molar-refractivity contribution in [2.24, 2.45) is 0 Å². The fourth-order valence-electron chi connectivity index (χ4n) is 2.55. The summed E-state index contributed by atoms with van der Waals surface area (Å²) in [6, 6.07) is 10.9. The molecule has 0 saturated heterocycles. The number of thiophene rings is 1. The molecular weight excluding hydrogens is 330 g/mol. The molecule has 0 amide bonds. The summed E-state index contributed by atoms with van der Waals surface area (Å²) in [5.41, 5.74) is 0. The van der Waals surface area contributed by atoms with E-state index in [9.17, 15) is 8.42 Å². The van der Waals surface area contributed by atoms with Crippen LogP contribution in [0.15, 0.2) is 46.7 Å². The van der Waals surface area contributed by atoms with Crippen molar-refractivity contribution in [1.82, 2.24) is 4.31 Å². The second-order valence-electron chi connectivity index (χ2n) is 5.58. The van der Waals surface area contributed by atoms with Gasteiger partial charge in [-0.3, -0.25) is 0 Å². The second kappa shape index (κ2) is 7.03. The van der Waals surface area contributed by atoms with Crippen LogP contribution in [0.5, 0.6) is 5.75 Å². The standard InChI is InChI=1S/C17H21NO3S2/c1-2-21-15-7-9-17(10-8-15)23(19,20)18(14-5-6-14)12-11-16-4-3-13-22-16/h3-4,7-10,13-14H,2,5-6,11-12H2,1H3. The molecule has 1 aliphatic carbocycles. The number of nitrogens with zero attached hydrogens (tertiary/aromatic N) is 1. The Kier molecular flexibility index (Phi) is 5.04. The van der Waals surface area contributed by atoms with Crippen molar-refractivity contribution in [3.63, 3.8) is 0 Å². The summed E-state index contributed by atoms with van der Waals surface area (Å²) in [6.07, 6.45) is 2.69. The normalized spacial score (nSPS) is 15.0. The van der Waals surface area contributed by atoms with Crippen LogP contribution < -0.4 is 4.74 Å². The fraction of sp³-hybridized carbons (Fsp3) is 0.412. The van der Waals surface area contributed by atoms with Gasteiger partial charge in [-0.25, -0.2) is 8.42 Å². The minimum Gasteiger partial charge on any atom is -0.494 e. The maximum Gasteiger partial charge on any atom is 0.243 e. The SMILES string of the molecule is CCOc1ccc(S(=O)(=O)N(CCc2cccs2)C2CC2)cc1. The molecule has 0 unspecified atom stereocenters. The van der Waals surface area contributed by atoms with Gasteiger partial charge >= 0.3 is 0 Å². The molecule has 1 aromatic carbocycles. The predicted molar refractivity (Wildman–Crippen MR) is 92.5 cm³/mol. The molecule has 0 aliphatic heterocycles. The Hall–Kier alpha value is -1.37. The van der Waals surface area contributed by atoms with Crippen molar-refractivity contribution in [3.05, 3.63) is 46.7 Å². The van der Waals surface area contributed by atoms with E-state index in [1.54, 1.807) is 39.9 Å². The lowest BCUT2D eigenvalue weighted by Gasteiger charge is -2.21. The molecule has 1 aromatic heterocycles. The molecule has 1 heterocycles. The molecule has 0 radical (unpaired) electrons. The molecule has 3 rings (SSSR count). The minimum atomic E-state index is -3.44. The lowest BCUT2D eigenvalue weighted by molar-refractivity contribution is 0.340. The van der Waals surface area contributed by atoms with E-state index in [2.05, 4.69) is 6.07 Å². The molecule has 1 saturated carbocycles. The van der Waals surface area contributed by atoms with Crippen LogP contribution in [-0.4, -0.2) is 31.9 Å². The van der Waals surface area contributed by atoms with Gasteiger partial charge < -0.3 is 4.74 Å². The zero-order valence-electron chi connectivity index (χ0n) is 13.1. The van der Waals surface area contributed by atoms with Gasteiger partial charge in [-0.1, -0.05) is 6.07 Å². The van der Waals surface area contributed by atoms with E-state index in [4.69, 9.17) is 4.74 Å². The first-order valence-electron chi connectivity index (χ1n) is 7.88. The minimum absolute atomic E-state index is 0.159. The summed E-state index contributed by atoms with van der Waals surface area (Å²) >= 11 is 1.67. The number of benzene rings is 1. The summed E-state index contributed by atoms with van der Waals surface area (Å²) in [5.74, 6) is 0.697. The van der Waals surface area contributed by atoms with Gasteiger partial charge in [0, 0.05) is 17.5 Å². The molecule has 4 nitrogen and oxygen atoms in total. The summed E-state index contributed by atoms with van der Waals surface area (Å²) in [4.78, 5) is 1.57. The van der Waals surface area contributed by atoms with E-state index >= 15 is 0 Å². The molecule has 23 heavy (non-hydrogen) atoms. The molecule has 1 aliphatic rings. The second-order valence-corrected chi connectivity index (χ2v) is 8.50. The smallest absolute Gasteiger partial charge is 0.243 e. The zero-order valence-corrected chi connectivity index (χ0v) is 14.8. The maximum absolute atomic E-state index is 12.9. The topological polar surface area (TPSA) is 46.6 Å². The van der Waals surface area contributed by atoms with Gasteiger partial charge in [-0.15, -0.1) is 11.3 Å². The third-order valence-corrected chi connectivity index (χ3v) is 6.76. The molecule has 1 fully saturated rings. The van der Waals surface area contributed by atoms with E-state index < -0.39 is 10.0 Å². The van der Waals surface area contributed by atoms with Crippen LogP contribution in [-0.2, 0) is 16.4 Å². The van der Waals surface area contributed by atoms with E-state index in [1.807, 2.05) is 18.4 Å². The first-order valence-corrected chi connectivity index (χ1v) is 10.2. The Balaban J connectivity index is 1.76. The van der Waals surface area contributed by atoms with Crippen LogP contribution in [0.4, 0.5) is 0 Å². The van der Waals surface area contributed by atoms with Crippen LogP contribution in [0.3, 0.4) is 0 Å². The maximum atomic E-state index is 12.9. The van der Waals surface area contributed by atoms with Crippen LogP contribution in [0.2, 0.25) is 0 Å². The predicted octanol–water partition coefficient (Wildman–Crippen LogP) is 3.54. The van der Waals surface area contributed by atoms with Gasteiger partial charge in [-0.2, -0.15) is 4.31 Å². The summed E-state index contributed by atoms with van der Waals surface area (Å²) in [5, 5.41) is 2.03. The molecule has 124 valence electrons. The van der Waals surface area contributed by atoms with E-state index in [-0.39, 0.29) is 6.04 Å². The Morgan fingerprint density at radius 1 is 1.22 bits per heavy atom. The summed E-state index contributed by atoms with van der Waals surface area (Å²) in [6.45, 7) is 3.02. The number of sulfonamides is 1. The Morgan fingerprint density at radius 3 is 2.52 bits per heavy atom. The van der Waals surface area contributed by atoms with Crippen molar-refractivity contribution >= 4 is 21.4 Å². The lowest BCUT2D eigenvalue weighted by Crippen LogP contribution is -2.34. The largest absolute Gasteiger partial charge is 0.494 e. The van der Waals surface area contributed by atoms with E-state index in [0.717, 1.165) is 19.3 Å². The molecule has 0 atom stereocenters. The number of hydrogen-bond donors (Lipinski definition) is 0. The first-order chi connectivity index (χ1) is 11.1. The van der Waals surface area contributed by atoms with Crippen LogP contribution >= 0.6 is 11.3 Å². The lowest BCUT2D eigenvalue weighted by atomic mass is 10.3. The Bertz CT molecular complexity index is 720. The van der Waals surface area contributed by atoms with Crippen molar-refractivity contribution in [2.45, 2.75) is 37.1 Å². The van der Waals surface area contributed by atoms with Crippen LogP contribution in [0.25, 0.3) is 0 Å². The zero-order chi connectivity index (χ0) is 16.3. The molecule has 0 spiro atoms. The van der Waals surface area contributed by atoms with E-state index in [1.165, 1.54) is 4.88 Å². The van der Waals surface area contributed by atoms with Gasteiger partial charge in [-0.05, 0) is 61.9 Å². The quantitative estimate of drug-likeness (QED) is 0.731. The van der Waals surface area contributed by atoms with Crippen molar-refractivity contribution in [2.75, 3.05) is 13.2 Å². The average molecular weight is 351 g/mol. The van der Waals surface area contributed by atoms with Gasteiger partial charge in [0.15, 0.2) is 0 Å². The molecule has 6 heteroatoms. The molecule has 0 bridgehead atoms. The number of ether oxygens (including phenoxy) is 1. The Labute approximate surface area is 141 Å². The van der Waals surface area contributed by atoms with Gasteiger partial charge in [0.05, 0.1) is 11.5 Å². The highest BCUT2D eigenvalue weighted by atomic mass is 32.2. The average Bonchev–Trinajstić information content (AvgIpc) is 3.23. The molecule has 0 N–H and O–H groups in total. The third-order valence-electron chi connectivity index (χ3n) is 3.85. The number of rotatable bonds is 8. The van der Waals surface area contributed by atoms with Gasteiger partial charge in [0.1, 0.15) is 5.75 Å². The highest BCUT2D eigenvalue weighted by Crippen LogP contribution is 2.32.